The van der Waals surface area contributed by atoms with E-state index in [1.54, 1.807) is 0 Å². The van der Waals surface area contributed by atoms with Crippen LogP contribution < -0.4 is 5.73 Å². The molecule has 2 saturated heterocycles. The van der Waals surface area contributed by atoms with Gasteiger partial charge < -0.3 is 25.1 Å². The van der Waals surface area contributed by atoms with Crippen LogP contribution in [0.5, 0.6) is 0 Å². The van der Waals surface area contributed by atoms with Crippen molar-refractivity contribution < 1.29 is 19.3 Å². The minimum atomic E-state index is -0.565. The molecule has 2 fully saturated rings. The fraction of sp³-hybridized carbons (Fsp3) is 0.929. The third-order valence-electron chi connectivity index (χ3n) is 3.78. The third-order valence-corrected chi connectivity index (χ3v) is 3.78. The quantitative estimate of drug-likeness (QED) is 0.411. The van der Waals surface area contributed by atoms with Crippen LogP contribution in [-0.2, 0) is 14.2 Å². The van der Waals surface area contributed by atoms with Gasteiger partial charge in [-0.1, -0.05) is 32.6 Å². The Kier molecular flexibility index (Phi) is 6.06. The Bertz CT molecular complexity index is 324. The van der Waals surface area contributed by atoms with Crippen molar-refractivity contribution in [2.45, 2.75) is 63.4 Å². The summed E-state index contributed by atoms with van der Waals surface area (Å²) in [6.45, 7) is 3.58. The van der Waals surface area contributed by atoms with Crippen LogP contribution in [0.15, 0.2) is 4.99 Å². The Labute approximate surface area is 120 Å². The fourth-order valence-electron chi connectivity index (χ4n) is 2.64. The highest BCUT2D eigenvalue weighted by Crippen LogP contribution is 2.28. The van der Waals surface area contributed by atoms with Crippen molar-refractivity contribution in [3.8, 4) is 0 Å². The number of nitrogens with zero attached hydrogens (tertiary/aromatic N) is 1. The van der Waals surface area contributed by atoms with E-state index in [-0.39, 0.29) is 24.3 Å². The van der Waals surface area contributed by atoms with E-state index in [1.807, 2.05) is 0 Å². The molecule has 4 atom stereocenters. The monoisotopic (exact) mass is 286 g/mol. The lowest BCUT2D eigenvalue weighted by atomic mass is 10.1. The average molecular weight is 286 g/mol. The summed E-state index contributed by atoms with van der Waals surface area (Å²) in [5.74, 6) is 0. The van der Waals surface area contributed by atoms with E-state index in [4.69, 9.17) is 19.9 Å². The van der Waals surface area contributed by atoms with Crippen LogP contribution in [0.4, 0.5) is 0 Å². The van der Waals surface area contributed by atoms with Crippen molar-refractivity contribution in [2.24, 2.45) is 10.7 Å². The summed E-state index contributed by atoms with van der Waals surface area (Å²) >= 11 is 0. The maximum Gasteiger partial charge on any atom is 0.282 e. The van der Waals surface area contributed by atoms with E-state index in [0.717, 1.165) is 6.42 Å². The normalized spacial score (nSPS) is 33.4. The number of rotatable bonds is 7. The number of nitrogens with two attached hydrogens (primary N) is 1. The lowest BCUT2D eigenvalue weighted by Gasteiger charge is -2.16. The van der Waals surface area contributed by atoms with Gasteiger partial charge in [0.25, 0.3) is 6.02 Å². The molecule has 2 rings (SSSR count). The second-order valence-electron chi connectivity index (χ2n) is 5.45. The van der Waals surface area contributed by atoms with Crippen LogP contribution >= 0.6 is 0 Å². The van der Waals surface area contributed by atoms with Crippen LogP contribution in [0.1, 0.15) is 39.0 Å². The number of unbranched alkanes of at least 4 members (excludes halogenated alkanes) is 4. The zero-order valence-corrected chi connectivity index (χ0v) is 12.2. The molecular weight excluding hydrogens is 260 g/mol. The number of ether oxygens (including phenoxy) is 3. The molecule has 2 aliphatic heterocycles. The second kappa shape index (κ2) is 7.81. The van der Waals surface area contributed by atoms with Gasteiger partial charge >= 0.3 is 0 Å². The van der Waals surface area contributed by atoms with Crippen LogP contribution in [0.25, 0.3) is 0 Å². The molecule has 0 aromatic carbocycles. The summed E-state index contributed by atoms with van der Waals surface area (Å²) in [7, 11) is 0. The predicted molar refractivity (Wildman–Crippen MR) is 75.6 cm³/mol. The summed E-state index contributed by atoms with van der Waals surface area (Å²) in [5, 5.41) is 9.63. The molecule has 4 unspecified atom stereocenters. The fourth-order valence-corrected chi connectivity index (χ4v) is 2.64. The highest BCUT2D eigenvalue weighted by molar-refractivity contribution is 5.71. The number of hydrogen-bond donors (Lipinski definition) is 2. The number of aliphatic imine (C=N–C) groups is 1. The molecule has 0 aliphatic carbocycles. The number of fused-ring (bicyclic) bond motifs is 1. The average Bonchev–Trinajstić information content (AvgIpc) is 2.99. The molecule has 0 amide bonds. The zero-order valence-electron chi connectivity index (χ0n) is 12.2. The number of aliphatic hydroxyl groups excluding tert-OH is 1. The molecule has 116 valence electrons. The summed E-state index contributed by atoms with van der Waals surface area (Å²) in [6, 6.07) is 0.194. The first-order chi connectivity index (χ1) is 9.72. The van der Waals surface area contributed by atoms with Crippen LogP contribution in [0.3, 0.4) is 0 Å². The Morgan fingerprint density at radius 1 is 1.20 bits per heavy atom. The topological polar surface area (TPSA) is 86.3 Å². The second-order valence-corrected chi connectivity index (χ2v) is 5.45. The van der Waals surface area contributed by atoms with E-state index < -0.39 is 6.10 Å². The largest absolute Gasteiger partial charge is 0.457 e. The van der Waals surface area contributed by atoms with E-state index in [2.05, 4.69) is 11.9 Å². The van der Waals surface area contributed by atoms with Gasteiger partial charge in [0.2, 0.25) is 0 Å². The molecule has 0 bridgehead atoms. The molecule has 6 heteroatoms. The molecule has 0 radical (unpaired) electrons. The van der Waals surface area contributed by atoms with Crippen molar-refractivity contribution in [1.29, 1.82) is 0 Å². The highest BCUT2D eigenvalue weighted by Gasteiger charge is 2.48. The molecule has 0 spiro atoms. The van der Waals surface area contributed by atoms with Crippen molar-refractivity contribution in [3.05, 3.63) is 0 Å². The molecule has 0 saturated carbocycles. The van der Waals surface area contributed by atoms with Crippen molar-refractivity contribution in [3.63, 3.8) is 0 Å². The number of hydrogen-bond acceptors (Lipinski definition) is 5. The van der Waals surface area contributed by atoms with Crippen molar-refractivity contribution >= 4 is 6.02 Å². The molecule has 20 heavy (non-hydrogen) atoms. The first-order valence-electron chi connectivity index (χ1n) is 7.60. The minimum absolute atomic E-state index is 0.194. The molecular formula is C14H26N2O4. The van der Waals surface area contributed by atoms with Crippen LogP contribution in [0.2, 0.25) is 0 Å². The van der Waals surface area contributed by atoms with Gasteiger partial charge in [-0.2, -0.15) is 0 Å². The molecule has 0 aromatic heterocycles. The Hall–Kier alpha value is -0.850. The standard InChI is InChI=1S/C14H26N2O4/c1-2-3-4-5-6-7-16-14(15)20-11-9-19-12-10(17)8-18-13(11)12/h10-13,17H,2-9H2,1H3,(H2,15,16). The molecule has 6 nitrogen and oxygen atoms in total. The van der Waals surface area contributed by atoms with E-state index >= 15 is 0 Å². The maximum absolute atomic E-state index is 9.63. The van der Waals surface area contributed by atoms with Crippen molar-refractivity contribution in [2.75, 3.05) is 19.8 Å². The van der Waals surface area contributed by atoms with Gasteiger partial charge in [0.15, 0.2) is 6.10 Å². The van der Waals surface area contributed by atoms with E-state index in [1.165, 1.54) is 25.7 Å². The smallest absolute Gasteiger partial charge is 0.282 e. The van der Waals surface area contributed by atoms with E-state index in [0.29, 0.717) is 19.8 Å². The first-order valence-corrected chi connectivity index (χ1v) is 7.60. The lowest BCUT2D eigenvalue weighted by Crippen LogP contribution is -2.36. The number of amidine groups is 1. The Morgan fingerprint density at radius 3 is 2.75 bits per heavy atom. The predicted octanol–water partition coefficient (Wildman–Crippen LogP) is 0.815. The third kappa shape index (κ3) is 4.07. The van der Waals surface area contributed by atoms with Gasteiger partial charge in [-0.15, -0.1) is 0 Å². The van der Waals surface area contributed by atoms with Gasteiger partial charge in [0, 0.05) is 6.54 Å². The Balaban J connectivity index is 1.65. The van der Waals surface area contributed by atoms with Crippen LogP contribution in [0, 0.1) is 0 Å². The zero-order chi connectivity index (χ0) is 14.4. The maximum atomic E-state index is 9.63. The molecule has 0 aromatic rings. The SMILES string of the molecule is CCCCCCCN=C(N)OC1COC2C(O)COC12. The minimum Gasteiger partial charge on any atom is -0.457 e. The van der Waals surface area contributed by atoms with Gasteiger partial charge in [-0.3, -0.25) is 0 Å². The summed E-state index contributed by atoms with van der Waals surface area (Å²) < 4.78 is 16.5. The lowest BCUT2D eigenvalue weighted by molar-refractivity contribution is 0.00548. The summed E-state index contributed by atoms with van der Waals surface area (Å²) in [5.41, 5.74) is 5.77. The van der Waals surface area contributed by atoms with Gasteiger partial charge in [-0.05, 0) is 6.42 Å². The number of aliphatic hydroxyl groups is 1. The van der Waals surface area contributed by atoms with E-state index in [9.17, 15) is 5.11 Å². The van der Waals surface area contributed by atoms with Crippen LogP contribution in [-0.4, -0.2) is 55.3 Å². The summed E-state index contributed by atoms with van der Waals surface area (Å²) in [4.78, 5) is 4.22. The van der Waals surface area contributed by atoms with Gasteiger partial charge in [-0.25, -0.2) is 4.99 Å². The van der Waals surface area contributed by atoms with Crippen molar-refractivity contribution in [1.82, 2.24) is 0 Å². The van der Waals surface area contributed by atoms with Gasteiger partial charge in [0.1, 0.15) is 18.3 Å². The van der Waals surface area contributed by atoms with Gasteiger partial charge in [0.05, 0.1) is 13.2 Å². The summed E-state index contributed by atoms with van der Waals surface area (Å²) in [6.07, 6.45) is 4.63. The molecule has 2 heterocycles. The first kappa shape index (κ1) is 15.5. The Morgan fingerprint density at radius 2 is 1.95 bits per heavy atom. The molecule has 3 N–H and O–H groups in total. The highest BCUT2D eigenvalue weighted by atomic mass is 16.6. The molecule has 2 aliphatic rings.